The number of hydrogen-bond donors (Lipinski definition) is 0. The van der Waals surface area contributed by atoms with E-state index in [0.29, 0.717) is 18.8 Å². The number of amides is 1. The Morgan fingerprint density at radius 2 is 1.70 bits per heavy atom. The van der Waals surface area contributed by atoms with Crippen molar-refractivity contribution >= 4 is 23.6 Å². The molecule has 1 saturated heterocycles. The van der Waals surface area contributed by atoms with Crippen molar-refractivity contribution in [3.63, 3.8) is 0 Å². The number of esters is 1. The lowest BCUT2D eigenvalue weighted by atomic mass is 9.42. The summed E-state index contributed by atoms with van der Waals surface area (Å²) in [4.78, 5) is 31.6. The Bertz CT molecular complexity index is 1480. The molecule has 3 aliphatic carbocycles. The van der Waals surface area contributed by atoms with Crippen LogP contribution in [0.25, 0.3) is 6.08 Å². The van der Waals surface area contributed by atoms with Crippen LogP contribution < -0.4 is 9.64 Å². The van der Waals surface area contributed by atoms with E-state index in [9.17, 15) is 9.59 Å². The third-order valence-corrected chi connectivity index (χ3v) is 9.66. The SMILES string of the molecule is COC(=O)[C@]12CN(C(=O)/C=C/c3ccccc3OC)C[C@H]1[C@]1(c3ccc(N(C)C)cc3)CC[C@H]2c2ccccc21. The Balaban J connectivity index is 1.46. The van der Waals surface area contributed by atoms with Crippen LogP contribution in [0.15, 0.2) is 78.9 Å². The molecule has 2 fully saturated rings. The standard InChI is InChI=1S/C34H36N2O4/c1-35(2)25-16-14-24(15-17-25)33-20-19-28(26-10-6-7-11-27(26)33)34(32(38)40-4)22-36(21-30(33)34)31(37)18-13-23-9-5-8-12-29(23)39-3/h5-18,28,30H,19-22H2,1-4H3/b18-13+/t28-,30-,33-,34-/m0/s1. The van der Waals surface area contributed by atoms with E-state index in [-0.39, 0.29) is 23.7 Å². The molecule has 40 heavy (non-hydrogen) atoms. The van der Waals surface area contributed by atoms with Gasteiger partial charge in [-0.15, -0.1) is 0 Å². The Morgan fingerprint density at radius 3 is 2.42 bits per heavy atom. The van der Waals surface area contributed by atoms with Crippen LogP contribution in [0.3, 0.4) is 0 Å². The van der Waals surface area contributed by atoms with Gasteiger partial charge in [-0.3, -0.25) is 9.59 Å². The maximum Gasteiger partial charge on any atom is 0.314 e. The van der Waals surface area contributed by atoms with E-state index in [2.05, 4.69) is 53.4 Å². The lowest BCUT2D eigenvalue weighted by Crippen LogP contribution is -2.60. The zero-order valence-electron chi connectivity index (χ0n) is 23.6. The molecule has 206 valence electrons. The molecule has 0 spiro atoms. The molecule has 0 unspecified atom stereocenters. The van der Waals surface area contributed by atoms with Gasteiger partial charge < -0.3 is 19.3 Å². The highest BCUT2D eigenvalue weighted by atomic mass is 16.5. The molecule has 1 heterocycles. The van der Waals surface area contributed by atoms with Crippen LogP contribution in [0.2, 0.25) is 0 Å². The van der Waals surface area contributed by atoms with Gasteiger partial charge in [0.05, 0.1) is 19.6 Å². The number of ether oxygens (including phenoxy) is 2. The number of fused-ring (bicyclic) bond motifs is 1. The van der Waals surface area contributed by atoms with Gasteiger partial charge in [-0.05, 0) is 53.8 Å². The summed E-state index contributed by atoms with van der Waals surface area (Å²) in [5.74, 6) is 0.288. The number of para-hydroxylation sites is 1. The van der Waals surface area contributed by atoms with Crippen molar-refractivity contribution in [2.75, 3.05) is 46.3 Å². The number of anilines is 1. The number of rotatable bonds is 6. The summed E-state index contributed by atoms with van der Waals surface area (Å²) in [6.07, 6.45) is 5.20. The number of methoxy groups -OCH3 is 2. The van der Waals surface area contributed by atoms with Crippen molar-refractivity contribution in [3.05, 3.63) is 101 Å². The maximum absolute atomic E-state index is 13.9. The molecule has 4 atom stereocenters. The minimum absolute atomic E-state index is 0.0000651. The lowest BCUT2D eigenvalue weighted by molar-refractivity contribution is -0.161. The van der Waals surface area contributed by atoms with Gasteiger partial charge in [0.15, 0.2) is 0 Å². The quantitative estimate of drug-likeness (QED) is 0.317. The average Bonchev–Trinajstić information content (AvgIpc) is 3.44. The van der Waals surface area contributed by atoms with Crippen LogP contribution in [0.1, 0.15) is 41.0 Å². The van der Waals surface area contributed by atoms with Gasteiger partial charge in [-0.25, -0.2) is 0 Å². The summed E-state index contributed by atoms with van der Waals surface area (Å²) in [6, 6.07) is 24.9. The molecular formula is C34H36N2O4. The van der Waals surface area contributed by atoms with Gasteiger partial charge in [-0.2, -0.15) is 0 Å². The van der Waals surface area contributed by atoms with Crippen molar-refractivity contribution in [3.8, 4) is 5.75 Å². The molecule has 1 saturated carbocycles. The van der Waals surface area contributed by atoms with Crippen LogP contribution in [-0.2, 0) is 19.7 Å². The molecule has 2 bridgehead atoms. The number of nitrogens with zero attached hydrogens (tertiary/aromatic N) is 2. The predicted molar refractivity (Wildman–Crippen MR) is 157 cm³/mol. The van der Waals surface area contributed by atoms with E-state index in [1.807, 2.05) is 43.3 Å². The normalized spacial score (nSPS) is 26.4. The first-order valence-electron chi connectivity index (χ1n) is 13.9. The monoisotopic (exact) mass is 536 g/mol. The Labute approximate surface area is 236 Å². The smallest absolute Gasteiger partial charge is 0.314 e. The first-order chi connectivity index (χ1) is 19.4. The van der Waals surface area contributed by atoms with Crippen LogP contribution >= 0.6 is 0 Å². The Kier molecular flexibility index (Phi) is 6.44. The zero-order chi connectivity index (χ0) is 28.1. The van der Waals surface area contributed by atoms with Crippen molar-refractivity contribution in [2.24, 2.45) is 11.3 Å². The van der Waals surface area contributed by atoms with Crippen LogP contribution in [0.4, 0.5) is 5.69 Å². The highest BCUT2D eigenvalue weighted by Gasteiger charge is 2.71. The van der Waals surface area contributed by atoms with Crippen molar-refractivity contribution in [1.82, 2.24) is 4.90 Å². The van der Waals surface area contributed by atoms with Crippen LogP contribution in [0, 0.1) is 11.3 Å². The van der Waals surface area contributed by atoms with E-state index in [0.717, 1.165) is 24.1 Å². The van der Waals surface area contributed by atoms with Crippen LogP contribution in [-0.4, -0.2) is 58.2 Å². The van der Waals surface area contributed by atoms with E-state index >= 15 is 0 Å². The molecule has 4 aliphatic rings. The molecule has 0 radical (unpaired) electrons. The summed E-state index contributed by atoms with van der Waals surface area (Å²) in [7, 11) is 7.18. The fourth-order valence-corrected chi connectivity index (χ4v) is 7.92. The highest BCUT2D eigenvalue weighted by Crippen LogP contribution is 2.69. The minimum Gasteiger partial charge on any atom is -0.496 e. The lowest BCUT2D eigenvalue weighted by Gasteiger charge is -2.59. The van der Waals surface area contributed by atoms with Crippen molar-refractivity contribution < 1.29 is 19.1 Å². The second-order valence-corrected chi connectivity index (χ2v) is 11.5. The van der Waals surface area contributed by atoms with Gasteiger partial charge in [-0.1, -0.05) is 54.6 Å². The number of hydrogen-bond acceptors (Lipinski definition) is 5. The Morgan fingerprint density at radius 1 is 0.975 bits per heavy atom. The van der Waals surface area contributed by atoms with Gasteiger partial charge in [0.2, 0.25) is 5.91 Å². The van der Waals surface area contributed by atoms with E-state index in [1.165, 1.54) is 23.8 Å². The third-order valence-electron chi connectivity index (χ3n) is 9.66. The fourth-order valence-electron chi connectivity index (χ4n) is 7.92. The molecule has 0 N–H and O–H groups in total. The third kappa shape index (κ3) is 3.69. The highest BCUT2D eigenvalue weighted by molar-refractivity contribution is 5.94. The first kappa shape index (κ1) is 26.2. The molecule has 7 rings (SSSR count). The number of likely N-dealkylation sites (tertiary alicyclic amines) is 1. The molecule has 3 aromatic rings. The summed E-state index contributed by atoms with van der Waals surface area (Å²) in [5, 5.41) is 0. The van der Waals surface area contributed by atoms with Gasteiger partial charge in [0, 0.05) is 61.8 Å². The van der Waals surface area contributed by atoms with Gasteiger partial charge in [0.25, 0.3) is 0 Å². The molecule has 3 aromatic carbocycles. The van der Waals surface area contributed by atoms with Crippen LogP contribution in [0.5, 0.6) is 5.75 Å². The summed E-state index contributed by atoms with van der Waals surface area (Å²) in [5.41, 5.74) is 4.45. The van der Waals surface area contributed by atoms with E-state index < -0.39 is 10.8 Å². The number of carbonyl (C=O) groups is 2. The van der Waals surface area contributed by atoms with Gasteiger partial charge in [0.1, 0.15) is 5.75 Å². The Hall–Kier alpha value is -4.06. The van der Waals surface area contributed by atoms with Crippen molar-refractivity contribution in [2.45, 2.75) is 24.2 Å². The average molecular weight is 537 g/mol. The predicted octanol–water partition coefficient (Wildman–Crippen LogP) is 5.27. The largest absolute Gasteiger partial charge is 0.496 e. The zero-order valence-corrected chi connectivity index (χ0v) is 23.6. The molecule has 6 heteroatoms. The van der Waals surface area contributed by atoms with E-state index in [1.54, 1.807) is 19.3 Å². The first-order valence-corrected chi connectivity index (χ1v) is 13.9. The molecular weight excluding hydrogens is 500 g/mol. The number of benzene rings is 3. The maximum atomic E-state index is 13.9. The van der Waals surface area contributed by atoms with Crippen molar-refractivity contribution in [1.29, 1.82) is 0 Å². The number of carbonyl (C=O) groups excluding carboxylic acids is 2. The summed E-state index contributed by atoms with van der Waals surface area (Å²) in [6.45, 7) is 0.834. The second kappa shape index (κ2) is 9.84. The fraction of sp³-hybridized carbons (Fsp3) is 0.353. The molecule has 0 aromatic heterocycles. The minimum atomic E-state index is -0.810. The van der Waals surface area contributed by atoms with Gasteiger partial charge >= 0.3 is 5.97 Å². The molecule has 1 amide bonds. The molecule has 1 aliphatic heterocycles. The van der Waals surface area contributed by atoms with E-state index in [4.69, 9.17) is 9.47 Å². The topological polar surface area (TPSA) is 59.1 Å². The second-order valence-electron chi connectivity index (χ2n) is 11.5. The summed E-state index contributed by atoms with van der Waals surface area (Å²) < 4.78 is 11.0. The molecule has 6 nitrogen and oxygen atoms in total. The summed E-state index contributed by atoms with van der Waals surface area (Å²) >= 11 is 0.